The zero-order valence-electron chi connectivity index (χ0n) is 9.58. The third-order valence-corrected chi connectivity index (χ3v) is 2.80. The summed E-state index contributed by atoms with van der Waals surface area (Å²) >= 11 is 3.25. The Labute approximate surface area is 108 Å². The molecule has 17 heavy (non-hydrogen) atoms. The molecule has 0 saturated heterocycles. The molecule has 0 unspecified atom stereocenters. The van der Waals surface area contributed by atoms with Gasteiger partial charge in [-0.25, -0.2) is 0 Å². The first-order valence-corrected chi connectivity index (χ1v) is 5.71. The van der Waals surface area contributed by atoms with Gasteiger partial charge in [0.2, 0.25) is 5.91 Å². The number of nitrogens with one attached hydrogen (secondary N) is 1. The number of halogens is 1. The Bertz CT molecular complexity index is 472. The van der Waals surface area contributed by atoms with Gasteiger partial charge in [-0.2, -0.15) is 0 Å². The van der Waals surface area contributed by atoms with E-state index in [2.05, 4.69) is 21.2 Å². The largest absolute Gasteiger partial charge is 0.398 e. The second-order valence-corrected chi connectivity index (χ2v) is 5.09. The molecule has 0 radical (unpaired) electrons. The zero-order chi connectivity index (χ0) is 13.2. The molecule has 1 rings (SSSR count). The number of hydrogen-bond donors (Lipinski definition) is 3. The van der Waals surface area contributed by atoms with Gasteiger partial charge in [-0.05, 0) is 32.0 Å². The van der Waals surface area contributed by atoms with Crippen molar-refractivity contribution in [3.8, 4) is 0 Å². The van der Waals surface area contributed by atoms with Gasteiger partial charge in [0.25, 0.3) is 5.91 Å². The van der Waals surface area contributed by atoms with E-state index in [9.17, 15) is 9.59 Å². The Morgan fingerprint density at radius 3 is 2.47 bits per heavy atom. The van der Waals surface area contributed by atoms with E-state index >= 15 is 0 Å². The van der Waals surface area contributed by atoms with Crippen LogP contribution in [0.2, 0.25) is 0 Å². The first-order valence-electron chi connectivity index (χ1n) is 4.91. The Morgan fingerprint density at radius 2 is 1.94 bits per heavy atom. The normalized spacial score (nSPS) is 11.0. The Balaban J connectivity index is 2.98. The van der Waals surface area contributed by atoms with Crippen molar-refractivity contribution in [3.63, 3.8) is 0 Å². The Kier molecular flexibility index (Phi) is 3.77. The van der Waals surface area contributed by atoms with Crippen molar-refractivity contribution in [2.75, 3.05) is 5.73 Å². The van der Waals surface area contributed by atoms with Gasteiger partial charge >= 0.3 is 0 Å². The number of rotatable bonds is 3. The van der Waals surface area contributed by atoms with Gasteiger partial charge in [0.1, 0.15) is 5.54 Å². The number of nitrogen functional groups attached to an aromatic ring is 1. The molecule has 0 fully saturated rings. The standard InChI is InChI=1S/C11H14BrN3O2/c1-11(2,10(14)17)15-9(16)7-5-6(12)3-4-8(7)13/h3-5H,13H2,1-2H3,(H2,14,17)(H,15,16). The first kappa shape index (κ1) is 13.5. The summed E-state index contributed by atoms with van der Waals surface area (Å²) in [6.45, 7) is 3.06. The number of hydrogen-bond acceptors (Lipinski definition) is 3. The molecule has 0 aliphatic rings. The summed E-state index contributed by atoms with van der Waals surface area (Å²) in [5.74, 6) is -1.05. The van der Waals surface area contributed by atoms with E-state index < -0.39 is 17.4 Å². The molecule has 2 amide bonds. The van der Waals surface area contributed by atoms with Gasteiger partial charge in [0.15, 0.2) is 0 Å². The van der Waals surface area contributed by atoms with Crippen LogP contribution in [-0.2, 0) is 4.79 Å². The minimum absolute atomic E-state index is 0.300. The molecule has 5 N–H and O–H groups in total. The average molecular weight is 300 g/mol. The highest BCUT2D eigenvalue weighted by atomic mass is 79.9. The molecule has 0 spiro atoms. The molecule has 1 aromatic carbocycles. The lowest BCUT2D eigenvalue weighted by atomic mass is 10.0. The molecule has 6 heteroatoms. The van der Waals surface area contributed by atoms with E-state index in [0.717, 1.165) is 4.47 Å². The van der Waals surface area contributed by atoms with Gasteiger partial charge in [-0.3, -0.25) is 9.59 Å². The molecule has 92 valence electrons. The zero-order valence-corrected chi connectivity index (χ0v) is 11.2. The molecule has 0 atom stereocenters. The number of carbonyl (C=O) groups is 2. The van der Waals surface area contributed by atoms with E-state index in [1.165, 1.54) is 13.8 Å². The van der Waals surface area contributed by atoms with Crippen molar-refractivity contribution in [2.45, 2.75) is 19.4 Å². The summed E-state index contributed by atoms with van der Waals surface area (Å²) in [5, 5.41) is 2.53. The average Bonchev–Trinajstić information content (AvgIpc) is 2.20. The van der Waals surface area contributed by atoms with E-state index in [1.807, 2.05) is 0 Å². The van der Waals surface area contributed by atoms with Gasteiger partial charge in [-0.1, -0.05) is 15.9 Å². The van der Waals surface area contributed by atoms with Crippen molar-refractivity contribution in [2.24, 2.45) is 5.73 Å². The molecule has 0 aliphatic heterocycles. The number of carbonyl (C=O) groups excluding carboxylic acids is 2. The number of benzene rings is 1. The second-order valence-electron chi connectivity index (χ2n) is 4.17. The van der Waals surface area contributed by atoms with Crippen LogP contribution in [0.4, 0.5) is 5.69 Å². The summed E-state index contributed by atoms with van der Waals surface area (Å²) in [6.07, 6.45) is 0. The van der Waals surface area contributed by atoms with Crippen LogP contribution in [0.15, 0.2) is 22.7 Å². The predicted molar refractivity (Wildman–Crippen MR) is 69.3 cm³/mol. The minimum Gasteiger partial charge on any atom is -0.398 e. The monoisotopic (exact) mass is 299 g/mol. The molecular weight excluding hydrogens is 286 g/mol. The molecule has 1 aromatic rings. The highest BCUT2D eigenvalue weighted by Gasteiger charge is 2.27. The van der Waals surface area contributed by atoms with Crippen LogP contribution >= 0.6 is 15.9 Å². The van der Waals surface area contributed by atoms with E-state index in [1.54, 1.807) is 18.2 Å². The Morgan fingerprint density at radius 1 is 1.35 bits per heavy atom. The van der Waals surface area contributed by atoms with Crippen molar-refractivity contribution in [3.05, 3.63) is 28.2 Å². The third-order valence-electron chi connectivity index (χ3n) is 2.30. The van der Waals surface area contributed by atoms with E-state index in [4.69, 9.17) is 11.5 Å². The summed E-state index contributed by atoms with van der Waals surface area (Å²) < 4.78 is 0.730. The quantitative estimate of drug-likeness (QED) is 0.727. The van der Waals surface area contributed by atoms with Gasteiger partial charge in [0.05, 0.1) is 5.56 Å². The number of anilines is 1. The molecule has 5 nitrogen and oxygen atoms in total. The topological polar surface area (TPSA) is 98.2 Å². The van der Waals surface area contributed by atoms with E-state index in [0.29, 0.717) is 11.3 Å². The van der Waals surface area contributed by atoms with Crippen LogP contribution < -0.4 is 16.8 Å². The number of nitrogens with two attached hydrogens (primary N) is 2. The first-order chi connectivity index (χ1) is 7.74. The van der Waals surface area contributed by atoms with Gasteiger partial charge < -0.3 is 16.8 Å². The van der Waals surface area contributed by atoms with Crippen molar-refractivity contribution >= 4 is 33.4 Å². The molecule has 0 saturated carbocycles. The lowest BCUT2D eigenvalue weighted by Crippen LogP contribution is -2.53. The fraction of sp³-hybridized carbons (Fsp3) is 0.273. The lowest BCUT2D eigenvalue weighted by molar-refractivity contribution is -0.122. The summed E-state index contributed by atoms with van der Waals surface area (Å²) in [7, 11) is 0. The molecule has 0 bridgehead atoms. The SMILES string of the molecule is CC(C)(NC(=O)c1cc(Br)ccc1N)C(N)=O. The van der Waals surface area contributed by atoms with Crippen LogP contribution in [0.1, 0.15) is 24.2 Å². The maximum absolute atomic E-state index is 11.9. The fourth-order valence-corrected chi connectivity index (χ4v) is 1.50. The van der Waals surface area contributed by atoms with Gasteiger partial charge in [0, 0.05) is 10.2 Å². The maximum atomic E-state index is 11.9. The molecule has 0 aromatic heterocycles. The smallest absolute Gasteiger partial charge is 0.254 e. The van der Waals surface area contributed by atoms with Gasteiger partial charge in [-0.15, -0.1) is 0 Å². The molecule has 0 aliphatic carbocycles. The Hall–Kier alpha value is -1.56. The second kappa shape index (κ2) is 4.75. The summed E-state index contributed by atoms with van der Waals surface area (Å²) in [6, 6.07) is 4.92. The van der Waals surface area contributed by atoms with Crippen LogP contribution in [0.3, 0.4) is 0 Å². The van der Waals surface area contributed by atoms with Crippen molar-refractivity contribution in [1.29, 1.82) is 0 Å². The number of amides is 2. The van der Waals surface area contributed by atoms with E-state index in [-0.39, 0.29) is 0 Å². The minimum atomic E-state index is -1.12. The van der Waals surface area contributed by atoms with Crippen molar-refractivity contribution < 1.29 is 9.59 Å². The van der Waals surface area contributed by atoms with Crippen LogP contribution in [0.5, 0.6) is 0 Å². The predicted octanol–water partition coefficient (Wildman–Crippen LogP) is 1.03. The number of primary amides is 1. The van der Waals surface area contributed by atoms with Crippen LogP contribution in [0, 0.1) is 0 Å². The van der Waals surface area contributed by atoms with Crippen LogP contribution in [-0.4, -0.2) is 17.4 Å². The van der Waals surface area contributed by atoms with Crippen molar-refractivity contribution in [1.82, 2.24) is 5.32 Å². The maximum Gasteiger partial charge on any atom is 0.254 e. The summed E-state index contributed by atoms with van der Waals surface area (Å²) in [5.41, 5.74) is 10.4. The van der Waals surface area contributed by atoms with Crippen LogP contribution in [0.25, 0.3) is 0 Å². The highest BCUT2D eigenvalue weighted by molar-refractivity contribution is 9.10. The molecular formula is C11H14BrN3O2. The molecule has 0 heterocycles. The highest BCUT2D eigenvalue weighted by Crippen LogP contribution is 2.19. The lowest BCUT2D eigenvalue weighted by Gasteiger charge is -2.22. The summed E-state index contributed by atoms with van der Waals surface area (Å²) in [4.78, 5) is 23.0. The fourth-order valence-electron chi connectivity index (χ4n) is 1.14. The third kappa shape index (κ3) is 3.20.